The Kier molecular flexibility index (Phi) is 5.58. The molecule has 5 nitrogen and oxygen atoms in total. The van der Waals surface area contributed by atoms with Crippen LogP contribution in [0.4, 0.5) is 0 Å². The van der Waals surface area contributed by atoms with E-state index < -0.39 is 10.0 Å². The van der Waals surface area contributed by atoms with Gasteiger partial charge in [-0.15, -0.1) is 0 Å². The Balaban J connectivity index is 1.45. The quantitative estimate of drug-likeness (QED) is 0.701. The van der Waals surface area contributed by atoms with Crippen molar-refractivity contribution in [3.8, 4) is 0 Å². The molecule has 0 aromatic heterocycles. The number of rotatable bonds is 3. The van der Waals surface area contributed by atoms with Crippen LogP contribution in [-0.2, 0) is 22.9 Å². The fraction of sp³-hybridized carbons (Fsp3) is 0.381. The average Bonchev–Trinajstić information content (AvgIpc) is 2.73. The smallest absolute Gasteiger partial charge is 0.253 e. The minimum atomic E-state index is -3.53. The highest BCUT2D eigenvalue weighted by Gasteiger charge is 2.31. The number of halogens is 1. The standard InChI is InChI=1S/C21H23BrN2O3S/c22-19-8-5-17(6-9-19)21(25)23-11-13-24(14-12-23)28(26,27)20-10-7-16-3-1-2-4-18(16)15-20/h5-10,15H,1-4,11-14H2. The molecule has 2 aliphatic rings. The van der Waals surface area contributed by atoms with E-state index in [0.717, 1.165) is 29.3 Å². The molecule has 7 heteroatoms. The van der Waals surface area contributed by atoms with Gasteiger partial charge in [0.25, 0.3) is 5.91 Å². The lowest BCUT2D eigenvalue weighted by Gasteiger charge is -2.34. The molecule has 4 rings (SSSR count). The molecule has 0 N–H and O–H groups in total. The minimum absolute atomic E-state index is 0.0571. The number of aryl methyl sites for hydroxylation is 2. The maximum Gasteiger partial charge on any atom is 0.253 e. The second kappa shape index (κ2) is 7.97. The Morgan fingerprint density at radius 2 is 1.50 bits per heavy atom. The van der Waals surface area contributed by atoms with Crippen molar-refractivity contribution in [1.29, 1.82) is 0 Å². The normalized spacial score (nSPS) is 18.0. The molecule has 0 atom stereocenters. The summed E-state index contributed by atoms with van der Waals surface area (Å²) in [6.45, 7) is 1.45. The first-order valence-corrected chi connectivity index (χ1v) is 11.9. The first-order valence-electron chi connectivity index (χ1n) is 9.62. The van der Waals surface area contributed by atoms with E-state index in [9.17, 15) is 13.2 Å². The first kappa shape index (κ1) is 19.6. The number of sulfonamides is 1. The van der Waals surface area contributed by atoms with Crippen LogP contribution in [0.25, 0.3) is 0 Å². The van der Waals surface area contributed by atoms with Crippen LogP contribution in [-0.4, -0.2) is 49.7 Å². The molecule has 1 amide bonds. The van der Waals surface area contributed by atoms with Gasteiger partial charge in [-0.2, -0.15) is 4.31 Å². The summed E-state index contributed by atoms with van der Waals surface area (Å²) in [7, 11) is -3.53. The van der Waals surface area contributed by atoms with Gasteiger partial charge in [-0.1, -0.05) is 22.0 Å². The number of hydrogen-bond acceptors (Lipinski definition) is 3. The zero-order valence-electron chi connectivity index (χ0n) is 15.6. The molecule has 148 valence electrons. The van der Waals surface area contributed by atoms with Crippen LogP contribution < -0.4 is 0 Å². The van der Waals surface area contributed by atoms with Gasteiger partial charge in [0.05, 0.1) is 4.90 Å². The molecule has 0 radical (unpaired) electrons. The van der Waals surface area contributed by atoms with Gasteiger partial charge in [-0.3, -0.25) is 4.79 Å². The minimum Gasteiger partial charge on any atom is -0.336 e. The summed E-state index contributed by atoms with van der Waals surface area (Å²) in [5.74, 6) is -0.0571. The Morgan fingerprint density at radius 1 is 0.857 bits per heavy atom. The topological polar surface area (TPSA) is 57.7 Å². The van der Waals surface area contributed by atoms with Crippen molar-refractivity contribution >= 4 is 31.9 Å². The number of carbonyl (C=O) groups excluding carboxylic acids is 1. The van der Waals surface area contributed by atoms with Gasteiger partial charge in [0.1, 0.15) is 0 Å². The van der Waals surface area contributed by atoms with E-state index >= 15 is 0 Å². The van der Waals surface area contributed by atoms with E-state index in [1.165, 1.54) is 16.3 Å². The third-order valence-electron chi connectivity index (χ3n) is 5.57. The number of carbonyl (C=O) groups is 1. The lowest BCUT2D eigenvalue weighted by Crippen LogP contribution is -2.50. The van der Waals surface area contributed by atoms with Crippen molar-refractivity contribution in [2.24, 2.45) is 0 Å². The van der Waals surface area contributed by atoms with Crippen molar-refractivity contribution in [1.82, 2.24) is 9.21 Å². The largest absolute Gasteiger partial charge is 0.336 e. The number of piperazine rings is 1. The van der Waals surface area contributed by atoms with Crippen molar-refractivity contribution in [3.63, 3.8) is 0 Å². The fourth-order valence-corrected chi connectivity index (χ4v) is 5.66. The van der Waals surface area contributed by atoms with Gasteiger partial charge in [-0.25, -0.2) is 8.42 Å². The van der Waals surface area contributed by atoms with Gasteiger partial charge in [0.15, 0.2) is 0 Å². The second-order valence-corrected chi connectivity index (χ2v) is 10.2. The van der Waals surface area contributed by atoms with E-state index in [1.807, 2.05) is 24.3 Å². The van der Waals surface area contributed by atoms with E-state index in [1.54, 1.807) is 23.1 Å². The van der Waals surface area contributed by atoms with E-state index in [4.69, 9.17) is 0 Å². The molecule has 0 spiro atoms. The fourth-order valence-electron chi connectivity index (χ4n) is 3.93. The molecule has 1 heterocycles. The summed E-state index contributed by atoms with van der Waals surface area (Å²) in [5.41, 5.74) is 3.06. The van der Waals surface area contributed by atoms with Crippen LogP contribution in [0.2, 0.25) is 0 Å². The summed E-state index contributed by atoms with van der Waals surface area (Å²) in [6, 6.07) is 12.8. The number of fused-ring (bicyclic) bond motifs is 1. The van der Waals surface area contributed by atoms with Crippen LogP contribution in [0.1, 0.15) is 34.3 Å². The predicted octanol–water partition coefficient (Wildman–Crippen LogP) is 3.47. The monoisotopic (exact) mass is 462 g/mol. The van der Waals surface area contributed by atoms with Gasteiger partial charge >= 0.3 is 0 Å². The molecule has 0 bridgehead atoms. The SMILES string of the molecule is O=C(c1ccc(Br)cc1)N1CCN(S(=O)(=O)c2ccc3c(c2)CCCC3)CC1. The third-order valence-corrected chi connectivity index (χ3v) is 8.00. The highest BCUT2D eigenvalue weighted by Crippen LogP contribution is 2.26. The van der Waals surface area contributed by atoms with E-state index in [-0.39, 0.29) is 5.91 Å². The maximum absolute atomic E-state index is 13.1. The molecule has 1 aliphatic carbocycles. The van der Waals surface area contributed by atoms with Crippen molar-refractivity contribution in [2.75, 3.05) is 26.2 Å². The van der Waals surface area contributed by atoms with Crippen LogP contribution >= 0.6 is 15.9 Å². The summed E-state index contributed by atoms with van der Waals surface area (Å²) in [4.78, 5) is 14.7. The third kappa shape index (κ3) is 3.88. The van der Waals surface area contributed by atoms with E-state index in [0.29, 0.717) is 36.6 Å². The van der Waals surface area contributed by atoms with Crippen molar-refractivity contribution in [2.45, 2.75) is 30.6 Å². The van der Waals surface area contributed by atoms with E-state index in [2.05, 4.69) is 15.9 Å². The molecular weight excluding hydrogens is 440 g/mol. The van der Waals surface area contributed by atoms with Crippen LogP contribution in [0.3, 0.4) is 0 Å². The lowest BCUT2D eigenvalue weighted by atomic mass is 9.92. The van der Waals surface area contributed by atoms with Gasteiger partial charge in [-0.05, 0) is 73.2 Å². The highest BCUT2D eigenvalue weighted by atomic mass is 79.9. The number of amides is 1. The molecular formula is C21H23BrN2O3S. The molecule has 1 aliphatic heterocycles. The highest BCUT2D eigenvalue weighted by molar-refractivity contribution is 9.10. The zero-order valence-corrected chi connectivity index (χ0v) is 18.0. The summed E-state index contributed by atoms with van der Waals surface area (Å²) >= 11 is 3.37. The molecule has 1 saturated heterocycles. The second-order valence-electron chi connectivity index (χ2n) is 7.34. The zero-order chi connectivity index (χ0) is 19.7. The maximum atomic E-state index is 13.1. The molecule has 0 unspecified atom stereocenters. The molecule has 28 heavy (non-hydrogen) atoms. The van der Waals surface area contributed by atoms with Gasteiger partial charge < -0.3 is 4.90 Å². The Hall–Kier alpha value is -1.70. The average molecular weight is 463 g/mol. The van der Waals surface area contributed by atoms with Crippen molar-refractivity contribution < 1.29 is 13.2 Å². The predicted molar refractivity (Wildman–Crippen MR) is 112 cm³/mol. The van der Waals surface area contributed by atoms with Gasteiger partial charge in [0.2, 0.25) is 10.0 Å². The number of hydrogen-bond donors (Lipinski definition) is 0. The van der Waals surface area contributed by atoms with Gasteiger partial charge in [0, 0.05) is 36.2 Å². The number of benzene rings is 2. The number of nitrogens with zero attached hydrogens (tertiary/aromatic N) is 2. The Bertz CT molecular complexity index is 981. The lowest BCUT2D eigenvalue weighted by molar-refractivity contribution is 0.0698. The molecule has 0 saturated carbocycles. The molecule has 2 aromatic rings. The molecule has 1 fully saturated rings. The summed E-state index contributed by atoms with van der Waals surface area (Å²) in [5, 5.41) is 0. The van der Waals surface area contributed by atoms with Crippen LogP contribution in [0.5, 0.6) is 0 Å². The van der Waals surface area contributed by atoms with Crippen LogP contribution in [0.15, 0.2) is 51.8 Å². The summed E-state index contributed by atoms with van der Waals surface area (Å²) < 4.78 is 28.6. The Morgan fingerprint density at radius 3 is 2.18 bits per heavy atom. The first-order chi connectivity index (χ1) is 13.4. The van der Waals surface area contributed by atoms with Crippen molar-refractivity contribution in [3.05, 3.63) is 63.6 Å². The van der Waals surface area contributed by atoms with Crippen LogP contribution in [0, 0.1) is 0 Å². The Labute approximate surface area is 174 Å². The molecule has 2 aromatic carbocycles. The summed E-state index contributed by atoms with van der Waals surface area (Å²) in [6.07, 6.45) is 4.28.